The standard InChI is InChI=1S/C22H30N4O2/c1-3-17-6-5-7-18(4-2)21(17)25-19-8-9-23-20(16-19)22(27)24-10-11-26-12-14-28-15-13-26/h5-9,16H,3-4,10-15H2,1-2H3,(H,23,25)(H,24,27). The van der Waals surface area contributed by atoms with E-state index < -0.39 is 0 Å². The number of carbonyl (C=O) groups excluding carboxylic acids is 1. The lowest BCUT2D eigenvalue weighted by molar-refractivity contribution is 0.0383. The molecule has 0 bridgehead atoms. The van der Waals surface area contributed by atoms with E-state index in [1.807, 2.05) is 12.1 Å². The van der Waals surface area contributed by atoms with Gasteiger partial charge in [0.15, 0.2) is 0 Å². The first kappa shape index (κ1) is 20.3. The zero-order valence-electron chi connectivity index (χ0n) is 16.8. The maximum Gasteiger partial charge on any atom is 0.269 e. The number of hydrogen-bond acceptors (Lipinski definition) is 5. The fraction of sp³-hybridized carbons (Fsp3) is 0.455. The topological polar surface area (TPSA) is 66.5 Å². The van der Waals surface area contributed by atoms with Crippen LogP contribution >= 0.6 is 0 Å². The van der Waals surface area contributed by atoms with E-state index in [2.05, 4.69) is 52.6 Å². The Labute approximate surface area is 167 Å². The average Bonchev–Trinajstić information content (AvgIpc) is 2.74. The van der Waals surface area contributed by atoms with Crippen LogP contribution in [0.25, 0.3) is 0 Å². The molecule has 6 nitrogen and oxygen atoms in total. The minimum absolute atomic E-state index is 0.142. The molecular weight excluding hydrogens is 352 g/mol. The van der Waals surface area contributed by atoms with Gasteiger partial charge in [0, 0.05) is 43.8 Å². The molecule has 2 heterocycles. The summed E-state index contributed by atoms with van der Waals surface area (Å²) < 4.78 is 5.35. The molecule has 0 unspecified atom stereocenters. The van der Waals surface area contributed by atoms with Crippen LogP contribution in [0, 0.1) is 0 Å². The highest BCUT2D eigenvalue weighted by atomic mass is 16.5. The predicted octanol–water partition coefficient (Wildman–Crippen LogP) is 3.01. The number of para-hydroxylation sites is 1. The summed E-state index contributed by atoms with van der Waals surface area (Å²) in [6.07, 6.45) is 3.59. The first-order valence-corrected chi connectivity index (χ1v) is 10.1. The quantitative estimate of drug-likeness (QED) is 0.735. The van der Waals surface area contributed by atoms with Crippen LogP contribution in [0.1, 0.15) is 35.5 Å². The molecule has 1 saturated heterocycles. The van der Waals surface area contributed by atoms with E-state index in [-0.39, 0.29) is 5.91 Å². The van der Waals surface area contributed by atoms with Crippen LogP contribution in [-0.4, -0.2) is 55.2 Å². The molecule has 3 rings (SSSR count). The van der Waals surface area contributed by atoms with Crippen molar-refractivity contribution in [3.63, 3.8) is 0 Å². The lowest BCUT2D eigenvalue weighted by Gasteiger charge is -2.26. The molecule has 0 aliphatic carbocycles. The number of nitrogens with one attached hydrogen (secondary N) is 2. The molecule has 0 spiro atoms. The molecule has 6 heteroatoms. The second kappa shape index (κ2) is 10.2. The number of aryl methyl sites for hydroxylation is 2. The number of hydrogen-bond donors (Lipinski definition) is 2. The lowest BCUT2D eigenvalue weighted by Crippen LogP contribution is -2.41. The number of benzene rings is 1. The van der Waals surface area contributed by atoms with Gasteiger partial charge in [-0.1, -0.05) is 32.0 Å². The van der Waals surface area contributed by atoms with Crippen LogP contribution in [0.3, 0.4) is 0 Å². The Morgan fingerprint density at radius 2 is 1.86 bits per heavy atom. The van der Waals surface area contributed by atoms with Crippen molar-refractivity contribution in [1.29, 1.82) is 0 Å². The normalized spacial score (nSPS) is 14.6. The van der Waals surface area contributed by atoms with Gasteiger partial charge in [-0.2, -0.15) is 0 Å². The van der Waals surface area contributed by atoms with E-state index in [4.69, 9.17) is 4.74 Å². The van der Waals surface area contributed by atoms with Gasteiger partial charge in [-0.15, -0.1) is 0 Å². The van der Waals surface area contributed by atoms with Crippen molar-refractivity contribution in [2.75, 3.05) is 44.7 Å². The summed E-state index contributed by atoms with van der Waals surface area (Å²) in [5, 5.41) is 6.47. The van der Waals surface area contributed by atoms with Gasteiger partial charge in [0.2, 0.25) is 0 Å². The number of morpholine rings is 1. The molecule has 1 aromatic heterocycles. The molecule has 2 aromatic rings. The Morgan fingerprint density at radius 3 is 2.54 bits per heavy atom. The molecule has 0 atom stereocenters. The second-order valence-electron chi connectivity index (χ2n) is 6.92. The smallest absolute Gasteiger partial charge is 0.269 e. The summed E-state index contributed by atoms with van der Waals surface area (Å²) in [5.41, 5.74) is 4.99. The monoisotopic (exact) mass is 382 g/mol. The number of rotatable bonds is 8. The van der Waals surface area contributed by atoms with E-state index in [0.717, 1.165) is 57.1 Å². The van der Waals surface area contributed by atoms with Crippen molar-refractivity contribution in [2.24, 2.45) is 0 Å². The van der Waals surface area contributed by atoms with Crippen molar-refractivity contribution in [2.45, 2.75) is 26.7 Å². The minimum atomic E-state index is -0.142. The molecule has 1 aromatic carbocycles. The Morgan fingerprint density at radius 1 is 1.14 bits per heavy atom. The van der Waals surface area contributed by atoms with Gasteiger partial charge in [0.05, 0.1) is 13.2 Å². The van der Waals surface area contributed by atoms with Crippen LogP contribution in [0.15, 0.2) is 36.5 Å². The molecule has 0 saturated carbocycles. The van der Waals surface area contributed by atoms with Gasteiger partial charge >= 0.3 is 0 Å². The first-order chi connectivity index (χ1) is 13.7. The summed E-state index contributed by atoms with van der Waals surface area (Å²) in [4.78, 5) is 19.0. The Hall–Kier alpha value is -2.44. The summed E-state index contributed by atoms with van der Waals surface area (Å²) >= 11 is 0. The van der Waals surface area contributed by atoms with Crippen LogP contribution < -0.4 is 10.6 Å². The summed E-state index contributed by atoms with van der Waals surface area (Å²) in [5.74, 6) is -0.142. The molecule has 2 N–H and O–H groups in total. The van der Waals surface area contributed by atoms with E-state index in [0.29, 0.717) is 12.2 Å². The van der Waals surface area contributed by atoms with Gasteiger partial charge in [-0.05, 0) is 36.1 Å². The third-order valence-corrected chi connectivity index (χ3v) is 5.08. The number of amides is 1. The van der Waals surface area contributed by atoms with Crippen LogP contribution in [0.4, 0.5) is 11.4 Å². The van der Waals surface area contributed by atoms with E-state index >= 15 is 0 Å². The third-order valence-electron chi connectivity index (χ3n) is 5.08. The maximum absolute atomic E-state index is 12.5. The van der Waals surface area contributed by atoms with E-state index in [1.54, 1.807) is 6.20 Å². The van der Waals surface area contributed by atoms with E-state index in [1.165, 1.54) is 11.1 Å². The number of anilines is 2. The highest BCUT2D eigenvalue weighted by Gasteiger charge is 2.13. The zero-order chi connectivity index (χ0) is 19.8. The molecule has 0 radical (unpaired) electrons. The summed E-state index contributed by atoms with van der Waals surface area (Å²) in [6.45, 7) is 9.12. The average molecular weight is 383 g/mol. The molecule has 1 aliphatic rings. The maximum atomic E-state index is 12.5. The van der Waals surface area contributed by atoms with Gasteiger partial charge in [0.1, 0.15) is 5.69 Å². The SMILES string of the molecule is CCc1cccc(CC)c1Nc1ccnc(C(=O)NCCN2CCOCC2)c1. The Kier molecular flexibility index (Phi) is 7.39. The predicted molar refractivity (Wildman–Crippen MR) is 112 cm³/mol. The van der Waals surface area contributed by atoms with Gasteiger partial charge in [0.25, 0.3) is 5.91 Å². The van der Waals surface area contributed by atoms with E-state index in [9.17, 15) is 4.79 Å². The summed E-state index contributed by atoms with van der Waals surface area (Å²) in [6, 6.07) is 10.1. The second-order valence-corrected chi connectivity index (χ2v) is 6.92. The van der Waals surface area contributed by atoms with Gasteiger partial charge in [-0.3, -0.25) is 14.7 Å². The zero-order valence-corrected chi connectivity index (χ0v) is 16.8. The number of nitrogens with zero attached hydrogens (tertiary/aromatic N) is 2. The van der Waals surface area contributed by atoms with Crippen molar-refractivity contribution in [1.82, 2.24) is 15.2 Å². The Bertz CT molecular complexity index is 766. The van der Waals surface area contributed by atoms with Crippen LogP contribution in [0.5, 0.6) is 0 Å². The highest BCUT2D eigenvalue weighted by Crippen LogP contribution is 2.26. The molecule has 150 valence electrons. The lowest BCUT2D eigenvalue weighted by atomic mass is 10.0. The van der Waals surface area contributed by atoms with Crippen molar-refractivity contribution >= 4 is 17.3 Å². The summed E-state index contributed by atoms with van der Waals surface area (Å²) in [7, 11) is 0. The number of carbonyl (C=O) groups is 1. The van der Waals surface area contributed by atoms with Crippen molar-refractivity contribution in [3.05, 3.63) is 53.3 Å². The number of aromatic nitrogens is 1. The molecule has 1 amide bonds. The molecule has 1 aliphatic heterocycles. The first-order valence-electron chi connectivity index (χ1n) is 10.1. The molecule has 1 fully saturated rings. The minimum Gasteiger partial charge on any atom is -0.379 e. The number of pyridine rings is 1. The van der Waals surface area contributed by atoms with Gasteiger partial charge in [-0.25, -0.2) is 0 Å². The third kappa shape index (κ3) is 5.30. The van der Waals surface area contributed by atoms with Crippen molar-refractivity contribution < 1.29 is 9.53 Å². The fourth-order valence-corrected chi connectivity index (χ4v) is 3.42. The highest BCUT2D eigenvalue weighted by molar-refractivity contribution is 5.93. The molecular formula is C22H30N4O2. The molecule has 28 heavy (non-hydrogen) atoms. The number of ether oxygens (including phenoxy) is 1. The van der Waals surface area contributed by atoms with Crippen LogP contribution in [-0.2, 0) is 17.6 Å². The van der Waals surface area contributed by atoms with Gasteiger partial charge < -0.3 is 15.4 Å². The Balaban J connectivity index is 1.63. The van der Waals surface area contributed by atoms with Crippen molar-refractivity contribution in [3.8, 4) is 0 Å². The fourth-order valence-electron chi connectivity index (χ4n) is 3.42. The largest absolute Gasteiger partial charge is 0.379 e. The van der Waals surface area contributed by atoms with Crippen LogP contribution in [0.2, 0.25) is 0 Å².